The summed E-state index contributed by atoms with van der Waals surface area (Å²) in [6, 6.07) is 8.80. The van der Waals surface area contributed by atoms with E-state index in [1.54, 1.807) is 0 Å². The highest BCUT2D eigenvalue weighted by Gasteiger charge is 2.26. The number of aliphatic hydroxyl groups excluding tert-OH is 1. The van der Waals surface area contributed by atoms with E-state index in [4.69, 9.17) is 5.11 Å². The zero-order valence-electron chi connectivity index (χ0n) is 10.7. The molecule has 2 nitrogen and oxygen atoms in total. The Kier molecular flexibility index (Phi) is 3.92. The lowest BCUT2D eigenvalue weighted by Crippen LogP contribution is -2.38. The monoisotopic (exact) mass is 263 g/mol. The van der Waals surface area contributed by atoms with Crippen LogP contribution in [0.2, 0.25) is 0 Å². The number of aliphatic hydroxyl groups is 1. The van der Waals surface area contributed by atoms with Crippen LogP contribution in [0.4, 0.5) is 0 Å². The van der Waals surface area contributed by atoms with Gasteiger partial charge in [-0.05, 0) is 49.9 Å². The van der Waals surface area contributed by atoms with Gasteiger partial charge in [0, 0.05) is 23.3 Å². The Balaban J connectivity index is 1.51. The van der Waals surface area contributed by atoms with Crippen LogP contribution in [0.5, 0.6) is 0 Å². The molecule has 1 aromatic rings. The van der Waals surface area contributed by atoms with E-state index in [0.29, 0.717) is 12.5 Å². The molecule has 2 aliphatic heterocycles. The van der Waals surface area contributed by atoms with Gasteiger partial charge in [-0.15, -0.1) is 11.8 Å². The first kappa shape index (κ1) is 12.5. The number of likely N-dealkylation sites (tertiary alicyclic amines) is 1. The van der Waals surface area contributed by atoms with E-state index in [9.17, 15) is 0 Å². The van der Waals surface area contributed by atoms with Crippen molar-refractivity contribution in [3.05, 3.63) is 29.8 Å². The van der Waals surface area contributed by atoms with Crippen LogP contribution in [0.1, 0.15) is 18.4 Å². The van der Waals surface area contributed by atoms with Crippen LogP contribution < -0.4 is 0 Å². The van der Waals surface area contributed by atoms with Crippen molar-refractivity contribution in [3.63, 3.8) is 0 Å². The summed E-state index contributed by atoms with van der Waals surface area (Å²) in [5.74, 6) is 0.551. The standard InChI is InChI=1S/C15H21NOS/c17-11-12-5-7-16(8-6-12)10-14-9-13-3-1-2-4-15(13)18-14/h1-4,12,14,17H,5-11H2. The number of fused-ring (bicyclic) bond motifs is 1. The molecule has 0 radical (unpaired) electrons. The molecule has 0 saturated carbocycles. The molecule has 1 unspecified atom stereocenters. The molecule has 0 bridgehead atoms. The minimum atomic E-state index is 0.372. The van der Waals surface area contributed by atoms with E-state index in [2.05, 4.69) is 29.2 Å². The van der Waals surface area contributed by atoms with Crippen LogP contribution in [0, 0.1) is 5.92 Å². The summed E-state index contributed by atoms with van der Waals surface area (Å²) in [6.45, 7) is 3.91. The van der Waals surface area contributed by atoms with Crippen molar-refractivity contribution in [2.75, 3.05) is 26.2 Å². The predicted molar refractivity (Wildman–Crippen MR) is 76.0 cm³/mol. The van der Waals surface area contributed by atoms with Crippen LogP contribution in [0.15, 0.2) is 29.2 Å². The summed E-state index contributed by atoms with van der Waals surface area (Å²) in [6.07, 6.45) is 3.56. The molecule has 3 rings (SSSR count). The highest BCUT2D eigenvalue weighted by atomic mass is 32.2. The van der Waals surface area contributed by atoms with Crippen molar-refractivity contribution in [3.8, 4) is 0 Å². The van der Waals surface area contributed by atoms with Crippen LogP contribution in [-0.2, 0) is 6.42 Å². The number of thioether (sulfide) groups is 1. The van der Waals surface area contributed by atoms with Gasteiger partial charge in [-0.1, -0.05) is 18.2 Å². The fourth-order valence-electron chi connectivity index (χ4n) is 3.00. The smallest absolute Gasteiger partial charge is 0.0460 e. The maximum atomic E-state index is 9.16. The Hall–Kier alpha value is -0.510. The van der Waals surface area contributed by atoms with Crippen molar-refractivity contribution in [2.45, 2.75) is 29.4 Å². The van der Waals surface area contributed by atoms with Gasteiger partial charge in [0.05, 0.1) is 0 Å². The van der Waals surface area contributed by atoms with Gasteiger partial charge in [0.1, 0.15) is 0 Å². The van der Waals surface area contributed by atoms with Crippen molar-refractivity contribution in [1.29, 1.82) is 0 Å². The molecule has 18 heavy (non-hydrogen) atoms. The lowest BCUT2D eigenvalue weighted by molar-refractivity contribution is 0.132. The Morgan fingerprint density at radius 1 is 1.22 bits per heavy atom. The molecule has 1 N–H and O–H groups in total. The molecule has 0 spiro atoms. The summed E-state index contributed by atoms with van der Waals surface area (Å²) < 4.78 is 0. The normalized spacial score (nSPS) is 25.3. The fraction of sp³-hybridized carbons (Fsp3) is 0.600. The molecular formula is C15H21NOS. The Bertz CT molecular complexity index is 376. The van der Waals surface area contributed by atoms with Gasteiger partial charge >= 0.3 is 0 Å². The molecule has 2 heterocycles. The van der Waals surface area contributed by atoms with E-state index in [-0.39, 0.29) is 0 Å². The first-order valence-electron chi connectivity index (χ1n) is 6.93. The van der Waals surface area contributed by atoms with Crippen molar-refractivity contribution in [2.24, 2.45) is 5.92 Å². The molecule has 0 aromatic heterocycles. The second kappa shape index (κ2) is 5.64. The second-order valence-corrected chi connectivity index (χ2v) is 6.82. The fourth-order valence-corrected chi connectivity index (χ4v) is 4.36. The third-order valence-electron chi connectivity index (χ3n) is 4.14. The molecule has 98 valence electrons. The number of rotatable bonds is 3. The topological polar surface area (TPSA) is 23.5 Å². The van der Waals surface area contributed by atoms with Gasteiger partial charge in [-0.25, -0.2) is 0 Å². The Morgan fingerprint density at radius 2 is 2.00 bits per heavy atom. The molecule has 3 heteroatoms. The van der Waals surface area contributed by atoms with Crippen molar-refractivity contribution < 1.29 is 5.11 Å². The minimum absolute atomic E-state index is 0.372. The maximum absolute atomic E-state index is 9.16. The van der Waals surface area contributed by atoms with E-state index in [1.165, 1.54) is 49.4 Å². The summed E-state index contributed by atoms with van der Waals surface area (Å²) in [5, 5.41) is 9.89. The summed E-state index contributed by atoms with van der Waals surface area (Å²) in [7, 11) is 0. The second-order valence-electron chi connectivity index (χ2n) is 5.48. The summed E-state index contributed by atoms with van der Waals surface area (Å²) in [4.78, 5) is 4.06. The van der Waals surface area contributed by atoms with Crippen LogP contribution in [-0.4, -0.2) is 41.5 Å². The summed E-state index contributed by atoms with van der Waals surface area (Å²) in [5.41, 5.74) is 1.53. The quantitative estimate of drug-likeness (QED) is 0.906. The number of piperidine rings is 1. The highest BCUT2D eigenvalue weighted by Crippen LogP contribution is 2.37. The average molecular weight is 263 g/mol. The first-order valence-corrected chi connectivity index (χ1v) is 7.81. The maximum Gasteiger partial charge on any atom is 0.0460 e. The van der Waals surface area contributed by atoms with E-state index < -0.39 is 0 Å². The van der Waals surface area contributed by atoms with Gasteiger partial charge in [0.25, 0.3) is 0 Å². The van der Waals surface area contributed by atoms with Gasteiger partial charge in [0.15, 0.2) is 0 Å². The zero-order chi connectivity index (χ0) is 12.4. The van der Waals surface area contributed by atoms with Crippen LogP contribution in [0.25, 0.3) is 0 Å². The summed E-state index contributed by atoms with van der Waals surface area (Å²) >= 11 is 2.05. The number of nitrogens with zero attached hydrogens (tertiary/aromatic N) is 1. The lowest BCUT2D eigenvalue weighted by atomic mass is 9.97. The van der Waals surface area contributed by atoms with E-state index in [1.807, 2.05) is 11.8 Å². The van der Waals surface area contributed by atoms with Gasteiger partial charge < -0.3 is 10.0 Å². The number of hydrogen-bond donors (Lipinski definition) is 1. The largest absolute Gasteiger partial charge is 0.396 e. The average Bonchev–Trinajstić information content (AvgIpc) is 2.82. The molecule has 0 amide bonds. The third kappa shape index (κ3) is 2.73. The SMILES string of the molecule is OCC1CCN(CC2Cc3ccccc3S2)CC1. The molecule has 1 aromatic carbocycles. The van der Waals surface area contributed by atoms with Gasteiger partial charge in [-0.2, -0.15) is 0 Å². The van der Waals surface area contributed by atoms with E-state index in [0.717, 1.165) is 5.25 Å². The highest BCUT2D eigenvalue weighted by molar-refractivity contribution is 8.00. The van der Waals surface area contributed by atoms with Crippen LogP contribution >= 0.6 is 11.8 Å². The van der Waals surface area contributed by atoms with Crippen LogP contribution in [0.3, 0.4) is 0 Å². The molecule has 1 saturated heterocycles. The Labute approximate surface area is 113 Å². The first-order chi connectivity index (χ1) is 8.85. The van der Waals surface area contributed by atoms with Crippen molar-refractivity contribution >= 4 is 11.8 Å². The van der Waals surface area contributed by atoms with Gasteiger partial charge in [0.2, 0.25) is 0 Å². The lowest BCUT2D eigenvalue weighted by Gasteiger charge is -2.32. The number of hydrogen-bond acceptors (Lipinski definition) is 3. The predicted octanol–water partition coefficient (Wildman–Crippen LogP) is 2.41. The molecule has 0 aliphatic carbocycles. The minimum Gasteiger partial charge on any atom is -0.396 e. The van der Waals surface area contributed by atoms with Crippen molar-refractivity contribution in [1.82, 2.24) is 4.90 Å². The zero-order valence-corrected chi connectivity index (χ0v) is 11.5. The van der Waals surface area contributed by atoms with E-state index >= 15 is 0 Å². The molecule has 1 fully saturated rings. The number of benzene rings is 1. The molecular weight excluding hydrogens is 242 g/mol. The Morgan fingerprint density at radius 3 is 2.72 bits per heavy atom. The van der Waals surface area contributed by atoms with Gasteiger partial charge in [-0.3, -0.25) is 0 Å². The molecule has 2 aliphatic rings. The molecule has 1 atom stereocenters. The third-order valence-corrected chi connectivity index (χ3v) is 5.44.